The van der Waals surface area contributed by atoms with E-state index < -0.39 is 77.0 Å². The van der Waals surface area contributed by atoms with Gasteiger partial charge in [-0.05, 0) is 66.0 Å². The highest BCUT2D eigenvalue weighted by atomic mass is 17.0. The molecule has 18 nitrogen and oxygen atoms in total. The molecular weight excluding hydrogens is 596 g/mol. The van der Waals surface area contributed by atoms with Crippen LogP contribution in [0.1, 0.15) is 64.2 Å². The van der Waals surface area contributed by atoms with E-state index in [1.54, 1.807) is 13.8 Å². The Labute approximate surface area is 251 Å². The normalized spacial score (nSPS) is 11.8. The highest BCUT2D eigenvalue weighted by molar-refractivity contribution is 5.94. The molecule has 1 rings (SSSR count). The zero-order valence-corrected chi connectivity index (χ0v) is 24.8. The van der Waals surface area contributed by atoms with Gasteiger partial charge in [0.1, 0.15) is 22.5 Å². The van der Waals surface area contributed by atoms with E-state index in [0.717, 1.165) is 0 Å². The molecule has 0 aliphatic heterocycles. The number of carbonyl (C=O) groups excluding carboxylic acids is 5. The fourth-order valence-corrected chi connectivity index (χ4v) is 3.26. The van der Waals surface area contributed by atoms with Gasteiger partial charge in [0.2, 0.25) is 0 Å². The van der Waals surface area contributed by atoms with Gasteiger partial charge in [-0.1, -0.05) is 12.1 Å². The Bertz CT molecular complexity index is 1210. The van der Waals surface area contributed by atoms with Crippen molar-refractivity contribution in [2.24, 2.45) is 5.92 Å². The molecule has 1 aromatic rings. The Balaban J connectivity index is 2.63. The number of rotatable bonds is 19. The number of hydrogen-bond acceptors (Lipinski definition) is 16. The average molecular weight is 631 g/mol. The quantitative estimate of drug-likeness (QED) is 0.0531. The molecule has 0 heterocycles. The smallest absolute Gasteiger partial charge is 0.349 e. The molecule has 0 aliphatic carbocycles. The van der Waals surface area contributed by atoms with Gasteiger partial charge in [0.05, 0.1) is 12.5 Å². The average Bonchev–Trinajstić information content (AvgIpc) is 2.92. The molecule has 0 amide bonds. The second kappa shape index (κ2) is 17.2. The fraction of sp³-hybridized carbons (Fsp3) is 0.577. The number of nitrogens with zero attached hydrogens (tertiary/aromatic N) is 2. The Morgan fingerprint density at radius 1 is 0.795 bits per heavy atom. The first-order valence-electron chi connectivity index (χ1n) is 13.1. The standard InChI is InChI=1S/C26H34N2O16/c1-17(23(32)44-25(2,3)12-8-9-13-40-27(34)35)26(4,5)43-22(31)15-39-24(33)18-10-6-7-11-19(18)42-21(30)14-38-20(29)16-41-28(36)37/h6-7,10-11,17H,8-9,12-16H2,1-5H3. The Kier molecular flexibility index (Phi) is 14.4. The van der Waals surface area contributed by atoms with Crippen LogP contribution in [0.15, 0.2) is 24.3 Å². The monoisotopic (exact) mass is 630 g/mol. The van der Waals surface area contributed by atoms with E-state index in [0.29, 0.717) is 19.3 Å². The first-order valence-corrected chi connectivity index (χ1v) is 13.1. The summed E-state index contributed by atoms with van der Waals surface area (Å²) in [5, 5.41) is 18.2. The van der Waals surface area contributed by atoms with Gasteiger partial charge >= 0.3 is 29.8 Å². The third-order valence-corrected chi connectivity index (χ3v) is 5.81. The molecule has 0 aliphatic rings. The fourth-order valence-electron chi connectivity index (χ4n) is 3.26. The molecular formula is C26H34N2O16. The van der Waals surface area contributed by atoms with Crippen LogP contribution >= 0.6 is 0 Å². The van der Waals surface area contributed by atoms with Crippen molar-refractivity contribution in [2.75, 3.05) is 26.4 Å². The van der Waals surface area contributed by atoms with Gasteiger partial charge in [-0.2, -0.15) is 0 Å². The van der Waals surface area contributed by atoms with Crippen molar-refractivity contribution < 1.29 is 67.5 Å². The Morgan fingerprint density at radius 3 is 2.05 bits per heavy atom. The van der Waals surface area contributed by atoms with E-state index in [1.807, 2.05) is 0 Å². The lowest BCUT2D eigenvalue weighted by Gasteiger charge is -2.33. The van der Waals surface area contributed by atoms with Crippen LogP contribution in [0.5, 0.6) is 5.75 Å². The highest BCUT2D eigenvalue weighted by Crippen LogP contribution is 2.27. The number of unbranched alkanes of at least 4 members (excludes halogenated alkanes) is 1. The summed E-state index contributed by atoms with van der Waals surface area (Å²) in [6, 6.07) is 5.29. The maximum atomic E-state index is 12.8. The predicted molar refractivity (Wildman–Crippen MR) is 143 cm³/mol. The summed E-state index contributed by atoms with van der Waals surface area (Å²) in [4.78, 5) is 89.5. The molecule has 1 atom stereocenters. The molecule has 0 aromatic heterocycles. The summed E-state index contributed by atoms with van der Waals surface area (Å²) in [5.41, 5.74) is -2.56. The molecule has 0 bridgehead atoms. The molecule has 1 unspecified atom stereocenters. The summed E-state index contributed by atoms with van der Waals surface area (Å²) in [5.74, 6) is -6.31. The summed E-state index contributed by atoms with van der Waals surface area (Å²) in [7, 11) is 0. The molecule has 18 heteroatoms. The van der Waals surface area contributed by atoms with Gasteiger partial charge in [0, 0.05) is 0 Å². The van der Waals surface area contributed by atoms with E-state index in [9.17, 15) is 44.2 Å². The topological polar surface area (TPSA) is 236 Å². The number of benzene rings is 1. The van der Waals surface area contributed by atoms with Crippen molar-refractivity contribution in [1.82, 2.24) is 0 Å². The van der Waals surface area contributed by atoms with Gasteiger partial charge in [-0.3, -0.25) is 4.79 Å². The Hall–Kier alpha value is -5.03. The predicted octanol–water partition coefficient (Wildman–Crippen LogP) is 2.16. The number of hydrogen-bond donors (Lipinski definition) is 0. The number of ether oxygens (including phenoxy) is 5. The maximum absolute atomic E-state index is 12.8. The lowest BCUT2D eigenvalue weighted by atomic mass is 9.92. The SMILES string of the molecule is CC(C(=O)OC(C)(C)CCCCO[N+](=O)[O-])C(C)(C)OC(=O)COC(=O)c1ccccc1OC(=O)COC(=O)CO[N+](=O)[O-]. The number of carbonyl (C=O) groups is 5. The van der Waals surface area contributed by atoms with E-state index in [-0.39, 0.29) is 17.9 Å². The molecule has 0 radical (unpaired) electrons. The van der Waals surface area contributed by atoms with Crippen LogP contribution in [-0.2, 0) is 47.8 Å². The minimum Gasteiger partial charge on any atom is -0.459 e. The summed E-state index contributed by atoms with van der Waals surface area (Å²) in [6.07, 6.45) is 1.26. The zero-order chi connectivity index (χ0) is 33.5. The molecule has 0 N–H and O–H groups in total. The first-order chi connectivity index (χ1) is 20.4. The van der Waals surface area contributed by atoms with Crippen molar-refractivity contribution in [3.8, 4) is 5.75 Å². The molecule has 1 aromatic carbocycles. The van der Waals surface area contributed by atoms with Crippen molar-refractivity contribution in [2.45, 2.75) is 65.1 Å². The van der Waals surface area contributed by atoms with Gasteiger partial charge in [-0.15, -0.1) is 20.2 Å². The third kappa shape index (κ3) is 14.2. The molecule has 0 saturated carbocycles. The maximum Gasteiger partial charge on any atom is 0.349 e. The summed E-state index contributed by atoms with van der Waals surface area (Å²) < 4.78 is 25.3. The molecule has 244 valence electrons. The Morgan fingerprint density at radius 2 is 1.41 bits per heavy atom. The lowest BCUT2D eigenvalue weighted by Crippen LogP contribution is -2.43. The second-order valence-electron chi connectivity index (χ2n) is 10.2. The molecule has 0 spiro atoms. The second-order valence-corrected chi connectivity index (χ2v) is 10.2. The van der Waals surface area contributed by atoms with Gasteiger partial charge in [0.15, 0.2) is 19.8 Å². The summed E-state index contributed by atoms with van der Waals surface area (Å²) >= 11 is 0. The van der Waals surface area contributed by atoms with Gasteiger partial charge in [0.25, 0.3) is 10.2 Å². The van der Waals surface area contributed by atoms with Crippen molar-refractivity contribution in [3.63, 3.8) is 0 Å². The number of esters is 5. The van der Waals surface area contributed by atoms with Crippen LogP contribution in [0.25, 0.3) is 0 Å². The zero-order valence-electron chi connectivity index (χ0n) is 24.8. The van der Waals surface area contributed by atoms with E-state index in [4.69, 9.17) is 18.9 Å². The molecule has 0 saturated heterocycles. The van der Waals surface area contributed by atoms with E-state index >= 15 is 0 Å². The van der Waals surface area contributed by atoms with Crippen molar-refractivity contribution in [1.29, 1.82) is 0 Å². The van der Waals surface area contributed by atoms with Crippen LogP contribution in [0.4, 0.5) is 0 Å². The third-order valence-electron chi connectivity index (χ3n) is 5.81. The molecule has 0 fully saturated rings. The first kappa shape index (κ1) is 37.0. The van der Waals surface area contributed by atoms with Crippen molar-refractivity contribution >= 4 is 29.8 Å². The minimum absolute atomic E-state index is 0.0829. The van der Waals surface area contributed by atoms with Crippen molar-refractivity contribution in [3.05, 3.63) is 50.1 Å². The highest BCUT2D eigenvalue weighted by Gasteiger charge is 2.38. The lowest BCUT2D eigenvalue weighted by molar-refractivity contribution is -0.757. The minimum atomic E-state index is -1.38. The van der Waals surface area contributed by atoms with Crippen LogP contribution in [-0.4, -0.2) is 77.6 Å². The van der Waals surface area contributed by atoms with E-state index in [1.165, 1.54) is 45.0 Å². The summed E-state index contributed by atoms with van der Waals surface area (Å²) in [6.45, 7) is 4.82. The van der Waals surface area contributed by atoms with Crippen LogP contribution in [0.3, 0.4) is 0 Å². The van der Waals surface area contributed by atoms with Crippen LogP contribution < -0.4 is 4.74 Å². The van der Waals surface area contributed by atoms with E-state index in [2.05, 4.69) is 14.4 Å². The largest absolute Gasteiger partial charge is 0.459 e. The van der Waals surface area contributed by atoms with Gasteiger partial charge in [-0.25, -0.2) is 19.2 Å². The van der Waals surface area contributed by atoms with Crippen LogP contribution in [0, 0.1) is 26.1 Å². The van der Waals surface area contributed by atoms with Gasteiger partial charge < -0.3 is 33.4 Å². The van der Waals surface area contributed by atoms with Crippen LogP contribution in [0.2, 0.25) is 0 Å². The molecule has 44 heavy (non-hydrogen) atoms. The number of para-hydroxylation sites is 1.